The minimum Gasteiger partial charge on any atom is -0.430 e. The van der Waals surface area contributed by atoms with Gasteiger partial charge in [-0.3, -0.25) is 0 Å². The Labute approximate surface area is 174 Å². The van der Waals surface area contributed by atoms with Gasteiger partial charge in [0, 0.05) is 21.5 Å². The van der Waals surface area contributed by atoms with Crippen LogP contribution in [0.5, 0.6) is 11.5 Å². The summed E-state index contributed by atoms with van der Waals surface area (Å²) in [6.45, 7) is 3.89. The molecular formula is C24H22O6. The topological polar surface area (TPSA) is 71.1 Å². The van der Waals surface area contributed by atoms with E-state index in [0.29, 0.717) is 33.0 Å². The van der Waals surface area contributed by atoms with Crippen molar-refractivity contribution in [2.75, 3.05) is 13.2 Å². The standard InChI is InChI=1S/C24H22O6/c1-3-5-15-27-23(25)29-21-17-11-7-9-13-19(17)22(20-14-10-8-12-18(20)21)30-24(26)28-16-6-4-2/h3-14H,15-16H2,1-2H3/b5-3+,6-4+. The van der Waals surface area contributed by atoms with E-state index in [1.54, 1.807) is 48.6 Å². The summed E-state index contributed by atoms with van der Waals surface area (Å²) in [5.41, 5.74) is 0. The molecule has 0 bridgehead atoms. The molecule has 0 amide bonds. The summed E-state index contributed by atoms with van der Waals surface area (Å²) >= 11 is 0. The maximum atomic E-state index is 12.2. The summed E-state index contributed by atoms with van der Waals surface area (Å²) in [6.07, 6.45) is 5.33. The molecule has 0 unspecified atom stereocenters. The van der Waals surface area contributed by atoms with E-state index < -0.39 is 12.3 Å². The zero-order chi connectivity index (χ0) is 21.3. The molecule has 0 saturated carbocycles. The van der Waals surface area contributed by atoms with Crippen molar-refractivity contribution in [3.8, 4) is 11.5 Å². The molecule has 0 aromatic heterocycles. The average molecular weight is 406 g/mol. The van der Waals surface area contributed by atoms with E-state index in [4.69, 9.17) is 18.9 Å². The van der Waals surface area contributed by atoms with E-state index in [2.05, 4.69) is 0 Å². The molecular weight excluding hydrogens is 384 g/mol. The molecule has 30 heavy (non-hydrogen) atoms. The Balaban J connectivity index is 2.06. The Morgan fingerprint density at radius 1 is 0.667 bits per heavy atom. The third-order valence-corrected chi connectivity index (χ3v) is 4.27. The van der Waals surface area contributed by atoms with Crippen molar-refractivity contribution in [3.63, 3.8) is 0 Å². The first-order valence-corrected chi connectivity index (χ1v) is 9.50. The van der Waals surface area contributed by atoms with Gasteiger partial charge in [-0.1, -0.05) is 72.8 Å². The maximum absolute atomic E-state index is 12.2. The minimum atomic E-state index is -0.817. The van der Waals surface area contributed by atoms with E-state index in [0.717, 1.165) is 0 Å². The lowest BCUT2D eigenvalue weighted by atomic mass is 10.0. The number of rotatable bonds is 6. The second-order valence-electron chi connectivity index (χ2n) is 6.21. The molecule has 0 N–H and O–H groups in total. The van der Waals surface area contributed by atoms with Gasteiger partial charge >= 0.3 is 12.3 Å². The second-order valence-corrected chi connectivity index (χ2v) is 6.21. The number of hydrogen-bond acceptors (Lipinski definition) is 6. The number of carbonyl (C=O) groups excluding carboxylic acids is 2. The summed E-state index contributed by atoms with van der Waals surface area (Å²) in [7, 11) is 0. The predicted molar refractivity (Wildman–Crippen MR) is 115 cm³/mol. The zero-order valence-electron chi connectivity index (χ0n) is 16.8. The first-order chi connectivity index (χ1) is 14.7. The van der Waals surface area contributed by atoms with Crippen LogP contribution in [0.4, 0.5) is 9.59 Å². The van der Waals surface area contributed by atoms with Gasteiger partial charge in [-0.2, -0.15) is 0 Å². The molecule has 3 rings (SSSR count). The lowest BCUT2D eigenvalue weighted by Crippen LogP contribution is -2.13. The Kier molecular flexibility index (Phi) is 7.05. The predicted octanol–water partition coefficient (Wildman–Crippen LogP) is 6.18. The first-order valence-electron chi connectivity index (χ1n) is 9.50. The molecule has 0 aliphatic heterocycles. The maximum Gasteiger partial charge on any atom is 0.514 e. The molecule has 0 aliphatic carbocycles. The van der Waals surface area contributed by atoms with Crippen molar-refractivity contribution in [3.05, 3.63) is 72.8 Å². The van der Waals surface area contributed by atoms with E-state index in [9.17, 15) is 9.59 Å². The van der Waals surface area contributed by atoms with Crippen molar-refractivity contribution in [2.24, 2.45) is 0 Å². The Bertz CT molecular complexity index is 968. The highest BCUT2D eigenvalue weighted by atomic mass is 16.7. The van der Waals surface area contributed by atoms with Gasteiger partial charge in [-0.05, 0) is 13.8 Å². The molecule has 0 spiro atoms. The SMILES string of the molecule is C/C=C/COC(=O)Oc1c2ccccc2c(OC(=O)OC/C=C/C)c2ccccc12. The fourth-order valence-electron chi connectivity index (χ4n) is 2.92. The molecule has 0 saturated heterocycles. The van der Waals surface area contributed by atoms with Crippen LogP contribution in [0.25, 0.3) is 21.5 Å². The van der Waals surface area contributed by atoms with Crippen molar-refractivity contribution in [1.82, 2.24) is 0 Å². The largest absolute Gasteiger partial charge is 0.514 e. The molecule has 0 atom stereocenters. The second kappa shape index (κ2) is 10.1. The van der Waals surface area contributed by atoms with Crippen LogP contribution >= 0.6 is 0 Å². The molecule has 6 nitrogen and oxygen atoms in total. The summed E-state index contributed by atoms with van der Waals surface area (Å²) in [5, 5.41) is 2.43. The van der Waals surface area contributed by atoms with E-state index >= 15 is 0 Å². The van der Waals surface area contributed by atoms with Crippen LogP contribution in [0.1, 0.15) is 13.8 Å². The van der Waals surface area contributed by atoms with Gasteiger partial charge in [-0.15, -0.1) is 0 Å². The third kappa shape index (κ3) is 4.78. The van der Waals surface area contributed by atoms with Crippen LogP contribution in [0.2, 0.25) is 0 Å². The number of allylic oxidation sites excluding steroid dienone is 2. The Morgan fingerprint density at radius 3 is 1.30 bits per heavy atom. The third-order valence-electron chi connectivity index (χ3n) is 4.27. The Morgan fingerprint density at radius 2 is 1.00 bits per heavy atom. The van der Waals surface area contributed by atoms with Crippen LogP contribution in [0.3, 0.4) is 0 Å². The monoisotopic (exact) mass is 406 g/mol. The lowest BCUT2D eigenvalue weighted by molar-refractivity contribution is 0.109. The van der Waals surface area contributed by atoms with Crippen LogP contribution in [0.15, 0.2) is 72.8 Å². The van der Waals surface area contributed by atoms with Gasteiger partial charge in [0.1, 0.15) is 24.7 Å². The summed E-state index contributed by atoms with van der Waals surface area (Å²) in [6, 6.07) is 14.4. The van der Waals surface area contributed by atoms with E-state index in [-0.39, 0.29) is 13.2 Å². The molecule has 3 aromatic rings. The minimum absolute atomic E-state index is 0.116. The normalized spacial score (nSPS) is 11.3. The van der Waals surface area contributed by atoms with Crippen LogP contribution in [-0.2, 0) is 9.47 Å². The summed E-state index contributed by atoms with van der Waals surface area (Å²) in [4.78, 5) is 24.4. The van der Waals surface area contributed by atoms with Crippen LogP contribution in [-0.4, -0.2) is 25.5 Å². The van der Waals surface area contributed by atoms with Gasteiger partial charge in [-0.25, -0.2) is 9.59 Å². The average Bonchev–Trinajstić information content (AvgIpc) is 2.76. The molecule has 3 aromatic carbocycles. The first kappa shape index (κ1) is 20.9. The van der Waals surface area contributed by atoms with Gasteiger partial charge in [0.25, 0.3) is 0 Å². The number of carbonyl (C=O) groups is 2. The smallest absolute Gasteiger partial charge is 0.430 e. The Hall–Kier alpha value is -3.80. The van der Waals surface area contributed by atoms with Gasteiger partial charge in [0.05, 0.1) is 0 Å². The number of ether oxygens (including phenoxy) is 4. The summed E-state index contributed by atoms with van der Waals surface area (Å²) in [5.74, 6) is 0.669. The highest BCUT2D eigenvalue weighted by Crippen LogP contribution is 2.42. The fraction of sp³-hybridized carbons (Fsp3) is 0.167. The fourth-order valence-corrected chi connectivity index (χ4v) is 2.92. The highest BCUT2D eigenvalue weighted by molar-refractivity contribution is 6.12. The number of fused-ring (bicyclic) bond motifs is 2. The number of hydrogen-bond donors (Lipinski definition) is 0. The van der Waals surface area contributed by atoms with Crippen molar-refractivity contribution in [2.45, 2.75) is 13.8 Å². The number of benzene rings is 3. The highest BCUT2D eigenvalue weighted by Gasteiger charge is 2.20. The van der Waals surface area contributed by atoms with E-state index in [1.807, 2.05) is 38.1 Å². The molecule has 0 radical (unpaired) electrons. The quantitative estimate of drug-likeness (QED) is 0.211. The van der Waals surface area contributed by atoms with Crippen molar-refractivity contribution >= 4 is 33.9 Å². The molecule has 6 heteroatoms. The van der Waals surface area contributed by atoms with Gasteiger partial charge in [0.2, 0.25) is 0 Å². The van der Waals surface area contributed by atoms with Crippen LogP contribution < -0.4 is 9.47 Å². The van der Waals surface area contributed by atoms with Gasteiger partial charge in [0.15, 0.2) is 0 Å². The molecule has 154 valence electrons. The zero-order valence-corrected chi connectivity index (χ0v) is 16.8. The molecule has 0 fully saturated rings. The van der Waals surface area contributed by atoms with Gasteiger partial charge < -0.3 is 18.9 Å². The molecule has 0 heterocycles. The summed E-state index contributed by atoms with van der Waals surface area (Å²) < 4.78 is 21.3. The van der Waals surface area contributed by atoms with Crippen molar-refractivity contribution in [1.29, 1.82) is 0 Å². The molecule has 0 aliphatic rings. The van der Waals surface area contributed by atoms with E-state index in [1.165, 1.54) is 0 Å². The lowest BCUT2D eigenvalue weighted by Gasteiger charge is -2.15. The van der Waals surface area contributed by atoms with Crippen molar-refractivity contribution < 1.29 is 28.5 Å². The van der Waals surface area contributed by atoms with Crippen LogP contribution in [0, 0.1) is 0 Å².